The summed E-state index contributed by atoms with van der Waals surface area (Å²) < 4.78 is 43.9. The summed E-state index contributed by atoms with van der Waals surface area (Å²) in [6.45, 7) is -0.0382. The molecular formula is C27H27F2N3O5. The van der Waals surface area contributed by atoms with E-state index in [1.165, 1.54) is 25.2 Å². The van der Waals surface area contributed by atoms with Crippen LogP contribution in [0.15, 0.2) is 65.8 Å². The number of carbonyl (C=O) groups is 1. The number of oxime groups is 1. The van der Waals surface area contributed by atoms with E-state index in [1.807, 2.05) is 24.3 Å². The first-order valence-corrected chi connectivity index (χ1v) is 11.5. The number of carbonyl (C=O) groups excluding carboxylic acids is 1. The number of anilines is 1. The molecule has 0 fully saturated rings. The molecule has 194 valence electrons. The van der Waals surface area contributed by atoms with Gasteiger partial charge in [-0.2, -0.15) is 0 Å². The van der Waals surface area contributed by atoms with Gasteiger partial charge in [-0.05, 0) is 30.3 Å². The summed E-state index contributed by atoms with van der Waals surface area (Å²) in [5, 5.41) is 6.99. The Labute approximate surface area is 213 Å². The first-order chi connectivity index (χ1) is 17.9. The van der Waals surface area contributed by atoms with E-state index < -0.39 is 23.8 Å². The highest BCUT2D eigenvalue weighted by Gasteiger charge is 2.29. The van der Waals surface area contributed by atoms with Crippen molar-refractivity contribution in [1.82, 2.24) is 4.90 Å². The van der Waals surface area contributed by atoms with Crippen LogP contribution in [0.2, 0.25) is 0 Å². The molecule has 1 unspecified atom stereocenters. The van der Waals surface area contributed by atoms with Crippen LogP contribution in [0.1, 0.15) is 17.5 Å². The Morgan fingerprint density at radius 1 is 1.03 bits per heavy atom. The van der Waals surface area contributed by atoms with Gasteiger partial charge in [0.25, 0.3) is 0 Å². The second-order valence-electron chi connectivity index (χ2n) is 8.28. The number of methoxy groups -OCH3 is 3. The fourth-order valence-electron chi connectivity index (χ4n) is 3.99. The third-order valence-corrected chi connectivity index (χ3v) is 5.89. The minimum absolute atomic E-state index is 0.0866. The summed E-state index contributed by atoms with van der Waals surface area (Å²) in [4.78, 5) is 20.4. The highest BCUT2D eigenvalue weighted by atomic mass is 19.1. The molecule has 4 rings (SSSR count). The second kappa shape index (κ2) is 11.6. The molecule has 0 saturated heterocycles. The van der Waals surface area contributed by atoms with Crippen LogP contribution in [0.3, 0.4) is 0 Å². The molecule has 1 N–H and O–H groups in total. The third-order valence-electron chi connectivity index (χ3n) is 5.89. The molecule has 0 aliphatic carbocycles. The Hall–Kier alpha value is -4.34. The van der Waals surface area contributed by atoms with Crippen molar-refractivity contribution in [3.05, 3.63) is 83.4 Å². The molecule has 1 aliphatic heterocycles. The number of hydrogen-bond acceptors (Lipinski definition) is 6. The molecule has 1 aliphatic rings. The summed E-state index contributed by atoms with van der Waals surface area (Å²) in [5.74, 6) is 0.146. The van der Waals surface area contributed by atoms with Crippen LogP contribution in [0.5, 0.6) is 17.2 Å². The molecule has 2 amide bonds. The average Bonchev–Trinajstić information content (AvgIpc) is 3.38. The van der Waals surface area contributed by atoms with Gasteiger partial charge in [-0.1, -0.05) is 23.4 Å². The summed E-state index contributed by atoms with van der Waals surface area (Å²) in [7, 11) is 4.57. The van der Waals surface area contributed by atoms with Gasteiger partial charge < -0.3 is 29.3 Å². The number of hydrogen-bond donors (Lipinski definition) is 1. The lowest BCUT2D eigenvalue weighted by atomic mass is 10.0. The standard InChI is InChI=1S/C27H27F2N3O5/c1-34-19-10-11-23(26(14-19)36-3)30-27(33)32(15-17-8-9-18(28)12-22(17)29)16-20-13-24(31-37-20)21-6-4-5-7-25(21)35-2/h4-12,14,20H,13,15-16H2,1-3H3,(H,30,33). The zero-order valence-electron chi connectivity index (χ0n) is 20.7. The minimum Gasteiger partial charge on any atom is -0.497 e. The molecule has 3 aromatic rings. The van der Waals surface area contributed by atoms with Gasteiger partial charge in [0.2, 0.25) is 0 Å². The molecule has 10 heteroatoms. The van der Waals surface area contributed by atoms with E-state index in [1.54, 1.807) is 25.3 Å². The van der Waals surface area contributed by atoms with E-state index in [9.17, 15) is 13.6 Å². The van der Waals surface area contributed by atoms with E-state index in [2.05, 4.69) is 10.5 Å². The van der Waals surface area contributed by atoms with Gasteiger partial charge in [-0.15, -0.1) is 0 Å². The maximum atomic E-state index is 14.5. The topological polar surface area (TPSA) is 81.6 Å². The van der Waals surface area contributed by atoms with Crippen molar-refractivity contribution in [2.45, 2.75) is 19.1 Å². The first-order valence-electron chi connectivity index (χ1n) is 11.5. The van der Waals surface area contributed by atoms with Crippen LogP contribution in [-0.4, -0.2) is 50.6 Å². The summed E-state index contributed by atoms with van der Waals surface area (Å²) in [6, 6.07) is 15.1. The van der Waals surface area contributed by atoms with Crippen LogP contribution in [0.4, 0.5) is 19.3 Å². The summed E-state index contributed by atoms with van der Waals surface area (Å²) in [5.41, 5.74) is 2.02. The van der Waals surface area contributed by atoms with E-state index in [-0.39, 0.29) is 18.7 Å². The fourth-order valence-corrected chi connectivity index (χ4v) is 3.99. The van der Waals surface area contributed by atoms with Gasteiger partial charge in [-0.3, -0.25) is 0 Å². The molecule has 0 spiro atoms. The molecule has 3 aromatic carbocycles. The molecule has 0 bridgehead atoms. The second-order valence-corrected chi connectivity index (χ2v) is 8.28. The Balaban J connectivity index is 1.54. The number of halogens is 2. The first kappa shape index (κ1) is 25.7. The molecule has 1 atom stereocenters. The lowest BCUT2D eigenvalue weighted by Gasteiger charge is -2.26. The third kappa shape index (κ3) is 6.08. The van der Waals surface area contributed by atoms with Crippen molar-refractivity contribution in [2.24, 2.45) is 5.16 Å². The lowest BCUT2D eigenvalue weighted by Crippen LogP contribution is -2.40. The maximum absolute atomic E-state index is 14.5. The minimum atomic E-state index is -0.752. The highest BCUT2D eigenvalue weighted by molar-refractivity contribution is 6.03. The predicted molar refractivity (Wildman–Crippen MR) is 134 cm³/mol. The number of ether oxygens (including phenoxy) is 3. The van der Waals surface area contributed by atoms with Crippen molar-refractivity contribution in [2.75, 3.05) is 33.2 Å². The SMILES string of the molecule is COc1ccc(NC(=O)N(Cc2ccc(F)cc2F)CC2CC(c3ccccc3OC)=NO2)c(OC)c1. The summed E-state index contributed by atoms with van der Waals surface area (Å²) >= 11 is 0. The molecule has 0 saturated carbocycles. The van der Waals surface area contributed by atoms with Gasteiger partial charge in [-0.25, -0.2) is 13.6 Å². The van der Waals surface area contributed by atoms with Gasteiger partial charge in [0.05, 0.1) is 45.8 Å². The van der Waals surface area contributed by atoms with Crippen molar-refractivity contribution in [3.63, 3.8) is 0 Å². The molecule has 8 nitrogen and oxygen atoms in total. The monoisotopic (exact) mass is 511 g/mol. The number of amides is 2. The van der Waals surface area contributed by atoms with Gasteiger partial charge >= 0.3 is 6.03 Å². The zero-order valence-corrected chi connectivity index (χ0v) is 20.7. The van der Waals surface area contributed by atoms with E-state index in [0.29, 0.717) is 35.1 Å². The van der Waals surface area contributed by atoms with Crippen LogP contribution in [0.25, 0.3) is 0 Å². The number of para-hydroxylation sites is 1. The van der Waals surface area contributed by atoms with E-state index >= 15 is 0 Å². The number of nitrogens with zero attached hydrogens (tertiary/aromatic N) is 2. The van der Waals surface area contributed by atoms with Gasteiger partial charge in [0.1, 0.15) is 28.9 Å². The van der Waals surface area contributed by atoms with Gasteiger partial charge in [0, 0.05) is 29.7 Å². The predicted octanol–water partition coefficient (Wildman–Crippen LogP) is 5.22. The van der Waals surface area contributed by atoms with Gasteiger partial charge in [0.15, 0.2) is 6.10 Å². The van der Waals surface area contributed by atoms with Crippen molar-refractivity contribution < 1.29 is 32.6 Å². The Morgan fingerprint density at radius 2 is 1.81 bits per heavy atom. The quantitative estimate of drug-likeness (QED) is 0.426. The fraction of sp³-hybridized carbons (Fsp3) is 0.259. The van der Waals surface area contributed by atoms with Crippen molar-refractivity contribution in [3.8, 4) is 17.2 Å². The maximum Gasteiger partial charge on any atom is 0.322 e. The zero-order chi connectivity index (χ0) is 26.4. The Morgan fingerprint density at radius 3 is 2.54 bits per heavy atom. The number of benzene rings is 3. The Bertz CT molecular complexity index is 1300. The molecule has 0 aromatic heterocycles. The van der Waals surface area contributed by atoms with Crippen LogP contribution in [0, 0.1) is 11.6 Å². The molecule has 1 heterocycles. The molecule has 0 radical (unpaired) electrons. The van der Waals surface area contributed by atoms with E-state index in [0.717, 1.165) is 17.7 Å². The smallest absolute Gasteiger partial charge is 0.322 e. The number of urea groups is 1. The molecule has 37 heavy (non-hydrogen) atoms. The summed E-state index contributed by atoms with van der Waals surface area (Å²) in [6.07, 6.45) is -0.0889. The van der Waals surface area contributed by atoms with Crippen molar-refractivity contribution in [1.29, 1.82) is 0 Å². The largest absolute Gasteiger partial charge is 0.497 e. The Kier molecular flexibility index (Phi) is 8.07. The molecular weight excluding hydrogens is 484 g/mol. The normalized spacial score (nSPS) is 14.4. The van der Waals surface area contributed by atoms with E-state index in [4.69, 9.17) is 19.0 Å². The van der Waals surface area contributed by atoms with Crippen molar-refractivity contribution >= 4 is 17.4 Å². The highest BCUT2D eigenvalue weighted by Crippen LogP contribution is 2.30. The van der Waals surface area contributed by atoms with Crippen LogP contribution >= 0.6 is 0 Å². The van der Waals surface area contributed by atoms with Crippen LogP contribution in [-0.2, 0) is 11.4 Å². The average molecular weight is 512 g/mol. The van der Waals surface area contributed by atoms with Crippen LogP contribution < -0.4 is 19.5 Å². The number of nitrogens with one attached hydrogen (secondary N) is 1. The lowest BCUT2D eigenvalue weighted by molar-refractivity contribution is 0.0606. The number of rotatable bonds is 9.